The van der Waals surface area contributed by atoms with E-state index in [4.69, 9.17) is 0 Å². The smallest absolute Gasteiger partial charge is 0.151 e. The average Bonchev–Trinajstić information content (AvgIpc) is 2.82. The normalized spacial score (nSPS) is 10.9. The van der Waals surface area contributed by atoms with Crippen molar-refractivity contribution in [1.82, 2.24) is 20.1 Å². The molecule has 0 aliphatic rings. The highest BCUT2D eigenvalue weighted by Gasteiger charge is 2.12. The molecule has 1 heterocycles. The van der Waals surface area contributed by atoms with E-state index in [-0.39, 0.29) is 0 Å². The maximum absolute atomic E-state index is 4.62. The van der Waals surface area contributed by atoms with Gasteiger partial charge < -0.3 is 5.32 Å². The molecule has 4 nitrogen and oxygen atoms in total. The highest BCUT2D eigenvalue weighted by Crippen LogP contribution is 2.18. The SMILES string of the molecule is CCc1nc(CC)n(-c2ccc(C)cc2CNC)n1. The Morgan fingerprint density at radius 1 is 1.21 bits per heavy atom. The molecule has 0 bridgehead atoms. The third kappa shape index (κ3) is 2.84. The first-order valence-corrected chi connectivity index (χ1v) is 6.88. The second-order valence-corrected chi connectivity index (χ2v) is 4.73. The molecule has 1 aromatic heterocycles. The van der Waals surface area contributed by atoms with Crippen molar-refractivity contribution in [2.75, 3.05) is 7.05 Å². The summed E-state index contributed by atoms with van der Waals surface area (Å²) in [5.74, 6) is 1.94. The topological polar surface area (TPSA) is 42.7 Å². The van der Waals surface area contributed by atoms with Gasteiger partial charge in [0.15, 0.2) is 5.82 Å². The van der Waals surface area contributed by atoms with Crippen LogP contribution in [0.15, 0.2) is 18.2 Å². The Kier molecular flexibility index (Phi) is 4.32. The molecule has 2 rings (SSSR count). The predicted molar refractivity (Wildman–Crippen MR) is 77.6 cm³/mol. The van der Waals surface area contributed by atoms with E-state index in [0.717, 1.165) is 36.7 Å². The lowest BCUT2D eigenvalue weighted by molar-refractivity contribution is 0.755. The first-order chi connectivity index (χ1) is 9.19. The van der Waals surface area contributed by atoms with E-state index in [1.165, 1.54) is 11.1 Å². The van der Waals surface area contributed by atoms with Crippen LogP contribution in [0.4, 0.5) is 0 Å². The third-order valence-corrected chi connectivity index (χ3v) is 3.18. The molecule has 0 spiro atoms. The molecule has 1 N–H and O–H groups in total. The Morgan fingerprint density at radius 2 is 2.00 bits per heavy atom. The Balaban J connectivity index is 2.53. The van der Waals surface area contributed by atoms with Crippen molar-refractivity contribution >= 4 is 0 Å². The van der Waals surface area contributed by atoms with Gasteiger partial charge >= 0.3 is 0 Å². The number of aromatic nitrogens is 3. The van der Waals surface area contributed by atoms with E-state index < -0.39 is 0 Å². The van der Waals surface area contributed by atoms with Gasteiger partial charge in [0.05, 0.1) is 5.69 Å². The van der Waals surface area contributed by atoms with E-state index >= 15 is 0 Å². The summed E-state index contributed by atoms with van der Waals surface area (Å²) in [6.45, 7) is 7.15. The van der Waals surface area contributed by atoms with Gasteiger partial charge in [0.25, 0.3) is 0 Å². The molecule has 4 heteroatoms. The fourth-order valence-corrected chi connectivity index (χ4v) is 2.22. The number of hydrogen-bond donors (Lipinski definition) is 1. The first-order valence-electron chi connectivity index (χ1n) is 6.88. The zero-order valence-electron chi connectivity index (χ0n) is 12.2. The van der Waals surface area contributed by atoms with Crippen LogP contribution in [0, 0.1) is 6.92 Å². The minimum absolute atomic E-state index is 0.835. The number of rotatable bonds is 5. The van der Waals surface area contributed by atoms with E-state index in [9.17, 15) is 0 Å². The summed E-state index contributed by atoms with van der Waals surface area (Å²) >= 11 is 0. The van der Waals surface area contributed by atoms with Gasteiger partial charge in [0, 0.05) is 19.4 Å². The molecule has 0 saturated heterocycles. The van der Waals surface area contributed by atoms with E-state index in [1.54, 1.807) is 0 Å². The number of nitrogens with one attached hydrogen (secondary N) is 1. The van der Waals surface area contributed by atoms with Crippen LogP contribution in [-0.2, 0) is 19.4 Å². The zero-order chi connectivity index (χ0) is 13.8. The molecule has 0 unspecified atom stereocenters. The zero-order valence-corrected chi connectivity index (χ0v) is 12.2. The first kappa shape index (κ1) is 13.7. The molecule has 0 saturated carbocycles. The summed E-state index contributed by atoms with van der Waals surface area (Å²) in [4.78, 5) is 4.58. The summed E-state index contributed by atoms with van der Waals surface area (Å²) in [6, 6.07) is 6.47. The van der Waals surface area contributed by atoms with Gasteiger partial charge in [-0.25, -0.2) is 9.67 Å². The van der Waals surface area contributed by atoms with E-state index in [0.29, 0.717) is 0 Å². The monoisotopic (exact) mass is 258 g/mol. The van der Waals surface area contributed by atoms with Crippen molar-refractivity contribution < 1.29 is 0 Å². The van der Waals surface area contributed by atoms with Crippen molar-refractivity contribution in [1.29, 1.82) is 0 Å². The van der Waals surface area contributed by atoms with Gasteiger partial charge in [0.2, 0.25) is 0 Å². The number of aryl methyl sites for hydroxylation is 3. The Hall–Kier alpha value is -1.68. The lowest BCUT2D eigenvalue weighted by Crippen LogP contribution is -2.11. The summed E-state index contributed by atoms with van der Waals surface area (Å²) in [6.07, 6.45) is 1.76. The fraction of sp³-hybridized carbons (Fsp3) is 0.467. The molecule has 0 amide bonds. The van der Waals surface area contributed by atoms with Crippen LogP contribution in [0.1, 0.15) is 36.6 Å². The van der Waals surface area contributed by atoms with Crippen molar-refractivity contribution in [2.45, 2.75) is 40.2 Å². The number of nitrogens with zero attached hydrogens (tertiary/aromatic N) is 3. The van der Waals surface area contributed by atoms with Gasteiger partial charge in [-0.1, -0.05) is 31.5 Å². The molecule has 0 radical (unpaired) electrons. The van der Waals surface area contributed by atoms with Crippen LogP contribution < -0.4 is 5.32 Å². The molecule has 0 aliphatic heterocycles. The molecule has 1 aromatic carbocycles. The van der Waals surface area contributed by atoms with Gasteiger partial charge in [-0.15, -0.1) is 0 Å². The quantitative estimate of drug-likeness (QED) is 0.895. The van der Waals surface area contributed by atoms with Crippen molar-refractivity contribution in [2.24, 2.45) is 0 Å². The van der Waals surface area contributed by atoms with E-state index in [2.05, 4.69) is 54.4 Å². The maximum atomic E-state index is 4.62. The molecule has 19 heavy (non-hydrogen) atoms. The number of hydrogen-bond acceptors (Lipinski definition) is 3. The molecule has 0 aliphatic carbocycles. The second kappa shape index (κ2) is 5.97. The Bertz CT molecular complexity index is 557. The van der Waals surface area contributed by atoms with Crippen LogP contribution >= 0.6 is 0 Å². The maximum Gasteiger partial charge on any atom is 0.151 e. The fourth-order valence-electron chi connectivity index (χ4n) is 2.22. The minimum Gasteiger partial charge on any atom is -0.316 e. The summed E-state index contributed by atoms with van der Waals surface area (Å²) in [5, 5.41) is 7.84. The summed E-state index contributed by atoms with van der Waals surface area (Å²) in [7, 11) is 1.96. The largest absolute Gasteiger partial charge is 0.316 e. The van der Waals surface area contributed by atoms with Crippen LogP contribution in [0.25, 0.3) is 5.69 Å². The van der Waals surface area contributed by atoms with Gasteiger partial charge in [-0.05, 0) is 25.6 Å². The Labute approximate surface area is 114 Å². The van der Waals surface area contributed by atoms with Crippen molar-refractivity contribution in [3.8, 4) is 5.69 Å². The van der Waals surface area contributed by atoms with Crippen molar-refractivity contribution in [3.05, 3.63) is 41.0 Å². The standard InChI is InChI=1S/C15H22N4/c1-5-14-17-15(6-2)19(18-14)13-8-7-11(3)9-12(13)10-16-4/h7-9,16H,5-6,10H2,1-4H3. The highest BCUT2D eigenvalue weighted by molar-refractivity contribution is 5.43. The van der Waals surface area contributed by atoms with Gasteiger partial charge in [-0.2, -0.15) is 5.10 Å². The molecule has 102 valence electrons. The summed E-state index contributed by atoms with van der Waals surface area (Å²) in [5.41, 5.74) is 3.65. The summed E-state index contributed by atoms with van der Waals surface area (Å²) < 4.78 is 1.99. The molecule has 0 atom stereocenters. The van der Waals surface area contributed by atoms with Crippen LogP contribution in [0.3, 0.4) is 0 Å². The van der Waals surface area contributed by atoms with Gasteiger partial charge in [0.1, 0.15) is 5.82 Å². The minimum atomic E-state index is 0.835. The van der Waals surface area contributed by atoms with E-state index in [1.807, 2.05) is 11.7 Å². The predicted octanol–water partition coefficient (Wildman–Crippen LogP) is 2.42. The van der Waals surface area contributed by atoms with Crippen molar-refractivity contribution in [3.63, 3.8) is 0 Å². The Morgan fingerprint density at radius 3 is 2.63 bits per heavy atom. The number of benzene rings is 1. The second-order valence-electron chi connectivity index (χ2n) is 4.73. The molecular weight excluding hydrogens is 236 g/mol. The van der Waals surface area contributed by atoms with Crippen LogP contribution in [0.2, 0.25) is 0 Å². The van der Waals surface area contributed by atoms with Crippen LogP contribution in [0.5, 0.6) is 0 Å². The third-order valence-electron chi connectivity index (χ3n) is 3.18. The lowest BCUT2D eigenvalue weighted by Gasteiger charge is -2.11. The molecular formula is C15H22N4. The highest BCUT2D eigenvalue weighted by atomic mass is 15.4. The van der Waals surface area contributed by atoms with Gasteiger partial charge in [-0.3, -0.25) is 0 Å². The average molecular weight is 258 g/mol. The molecule has 0 fully saturated rings. The molecule has 2 aromatic rings. The van der Waals surface area contributed by atoms with Crippen LogP contribution in [-0.4, -0.2) is 21.8 Å². The lowest BCUT2D eigenvalue weighted by atomic mass is 10.1.